The number of benzene rings is 1. The highest BCUT2D eigenvalue weighted by molar-refractivity contribution is 5.57. The van der Waals surface area contributed by atoms with E-state index in [2.05, 4.69) is 29.4 Å². The van der Waals surface area contributed by atoms with Crippen molar-refractivity contribution in [2.75, 3.05) is 5.32 Å². The Balaban J connectivity index is 2.16. The molecule has 3 nitrogen and oxygen atoms in total. The Morgan fingerprint density at radius 1 is 1.29 bits per heavy atom. The lowest BCUT2D eigenvalue weighted by molar-refractivity contribution is 1.14. The summed E-state index contributed by atoms with van der Waals surface area (Å²) in [5.41, 5.74) is 2.86. The molecule has 0 aliphatic heterocycles. The van der Waals surface area contributed by atoms with Crippen molar-refractivity contribution in [1.29, 1.82) is 5.26 Å². The minimum Gasteiger partial charge on any atom is -0.340 e. The summed E-state index contributed by atoms with van der Waals surface area (Å²) in [6, 6.07) is 13.8. The number of aromatic nitrogens is 1. The van der Waals surface area contributed by atoms with Crippen molar-refractivity contribution in [3.63, 3.8) is 0 Å². The number of hydrogen-bond donors (Lipinski definition) is 1. The van der Waals surface area contributed by atoms with Gasteiger partial charge in [-0.05, 0) is 36.2 Å². The zero-order valence-corrected chi connectivity index (χ0v) is 9.64. The van der Waals surface area contributed by atoms with E-state index in [4.69, 9.17) is 5.26 Å². The molecule has 0 aliphatic rings. The summed E-state index contributed by atoms with van der Waals surface area (Å²) >= 11 is 0. The molecule has 0 radical (unpaired) electrons. The third kappa shape index (κ3) is 2.82. The standard InChI is InChI=1S/C14H13N3/c1-2-11-4-3-5-13(8-11)17-14-7-6-12(9-15)10-16-14/h3-8,10H,2H2,1H3,(H,16,17). The molecule has 0 atom stereocenters. The zero-order valence-electron chi connectivity index (χ0n) is 9.64. The lowest BCUT2D eigenvalue weighted by Gasteiger charge is -2.06. The monoisotopic (exact) mass is 223 g/mol. The van der Waals surface area contributed by atoms with Crippen molar-refractivity contribution in [3.05, 3.63) is 53.7 Å². The average molecular weight is 223 g/mol. The highest BCUT2D eigenvalue weighted by Crippen LogP contribution is 2.16. The minimum absolute atomic E-state index is 0.567. The van der Waals surface area contributed by atoms with Gasteiger partial charge in [-0.2, -0.15) is 5.26 Å². The van der Waals surface area contributed by atoms with Crippen molar-refractivity contribution in [3.8, 4) is 6.07 Å². The second kappa shape index (κ2) is 5.13. The molecule has 3 heteroatoms. The van der Waals surface area contributed by atoms with Crippen LogP contribution in [0.2, 0.25) is 0 Å². The van der Waals surface area contributed by atoms with Gasteiger partial charge in [0.1, 0.15) is 11.9 Å². The number of nitrogens with one attached hydrogen (secondary N) is 1. The zero-order chi connectivity index (χ0) is 12.1. The highest BCUT2D eigenvalue weighted by Gasteiger charge is 1.97. The average Bonchev–Trinajstić information content (AvgIpc) is 2.40. The topological polar surface area (TPSA) is 48.7 Å². The van der Waals surface area contributed by atoms with Crippen LogP contribution in [0.1, 0.15) is 18.1 Å². The first-order valence-electron chi connectivity index (χ1n) is 5.54. The van der Waals surface area contributed by atoms with Crippen LogP contribution in [0, 0.1) is 11.3 Å². The van der Waals surface area contributed by atoms with Crippen LogP contribution in [0.3, 0.4) is 0 Å². The van der Waals surface area contributed by atoms with Gasteiger partial charge in [-0.25, -0.2) is 4.98 Å². The number of hydrogen-bond acceptors (Lipinski definition) is 3. The molecule has 0 saturated carbocycles. The molecule has 0 amide bonds. The molecule has 2 aromatic rings. The maximum atomic E-state index is 8.68. The Morgan fingerprint density at radius 2 is 2.18 bits per heavy atom. The summed E-state index contributed by atoms with van der Waals surface area (Å²) in [5, 5.41) is 11.9. The van der Waals surface area contributed by atoms with Crippen molar-refractivity contribution in [1.82, 2.24) is 4.98 Å². The maximum absolute atomic E-state index is 8.68. The van der Waals surface area contributed by atoms with Crippen molar-refractivity contribution in [2.45, 2.75) is 13.3 Å². The quantitative estimate of drug-likeness (QED) is 0.868. The molecule has 0 fully saturated rings. The van der Waals surface area contributed by atoms with E-state index < -0.39 is 0 Å². The molecular weight excluding hydrogens is 210 g/mol. The van der Waals surface area contributed by atoms with Gasteiger partial charge in [-0.15, -0.1) is 0 Å². The fraction of sp³-hybridized carbons (Fsp3) is 0.143. The third-order valence-electron chi connectivity index (χ3n) is 2.50. The Morgan fingerprint density at radius 3 is 2.82 bits per heavy atom. The lowest BCUT2D eigenvalue weighted by Crippen LogP contribution is -1.94. The second-order valence-electron chi connectivity index (χ2n) is 3.72. The summed E-state index contributed by atoms with van der Waals surface area (Å²) in [4.78, 5) is 4.17. The summed E-state index contributed by atoms with van der Waals surface area (Å²) < 4.78 is 0. The molecule has 1 aromatic heterocycles. The van der Waals surface area contributed by atoms with Gasteiger partial charge >= 0.3 is 0 Å². The molecule has 0 bridgehead atoms. The first-order valence-corrected chi connectivity index (χ1v) is 5.54. The molecule has 0 saturated heterocycles. The molecular formula is C14H13N3. The molecule has 1 N–H and O–H groups in total. The van der Waals surface area contributed by atoms with E-state index in [-0.39, 0.29) is 0 Å². The molecule has 0 unspecified atom stereocenters. The van der Waals surface area contributed by atoms with Gasteiger partial charge in [-0.1, -0.05) is 19.1 Å². The molecule has 84 valence electrons. The van der Waals surface area contributed by atoms with Gasteiger partial charge in [-0.3, -0.25) is 0 Å². The van der Waals surface area contributed by atoms with E-state index in [0.717, 1.165) is 17.9 Å². The van der Waals surface area contributed by atoms with Crippen molar-refractivity contribution >= 4 is 11.5 Å². The Hall–Kier alpha value is -2.34. The minimum atomic E-state index is 0.567. The molecule has 0 aliphatic carbocycles. The maximum Gasteiger partial charge on any atom is 0.130 e. The van der Waals surface area contributed by atoms with E-state index >= 15 is 0 Å². The van der Waals surface area contributed by atoms with Crippen LogP contribution in [0.4, 0.5) is 11.5 Å². The van der Waals surface area contributed by atoms with Gasteiger partial charge in [0.25, 0.3) is 0 Å². The van der Waals surface area contributed by atoms with Crippen LogP contribution in [-0.4, -0.2) is 4.98 Å². The second-order valence-corrected chi connectivity index (χ2v) is 3.72. The van der Waals surface area contributed by atoms with Crippen LogP contribution in [0.15, 0.2) is 42.6 Å². The molecule has 0 spiro atoms. The van der Waals surface area contributed by atoms with Gasteiger partial charge < -0.3 is 5.32 Å². The normalized spacial score (nSPS) is 9.65. The van der Waals surface area contributed by atoms with E-state index in [1.807, 2.05) is 18.2 Å². The number of pyridine rings is 1. The largest absolute Gasteiger partial charge is 0.340 e. The van der Waals surface area contributed by atoms with Crippen LogP contribution >= 0.6 is 0 Å². The highest BCUT2D eigenvalue weighted by atomic mass is 15.0. The fourth-order valence-corrected chi connectivity index (χ4v) is 1.55. The molecule has 1 heterocycles. The fourth-order valence-electron chi connectivity index (χ4n) is 1.55. The van der Waals surface area contributed by atoms with E-state index in [9.17, 15) is 0 Å². The summed E-state index contributed by atoms with van der Waals surface area (Å²) in [5.74, 6) is 0.747. The van der Waals surface area contributed by atoms with Gasteiger partial charge in [0.2, 0.25) is 0 Å². The third-order valence-corrected chi connectivity index (χ3v) is 2.50. The number of aryl methyl sites for hydroxylation is 1. The molecule has 17 heavy (non-hydrogen) atoms. The van der Waals surface area contributed by atoms with Crippen LogP contribution in [0.5, 0.6) is 0 Å². The van der Waals surface area contributed by atoms with Crippen molar-refractivity contribution < 1.29 is 0 Å². The molecule has 2 rings (SSSR count). The number of rotatable bonds is 3. The van der Waals surface area contributed by atoms with Gasteiger partial charge in [0.15, 0.2) is 0 Å². The first-order chi connectivity index (χ1) is 8.31. The van der Waals surface area contributed by atoms with E-state index in [1.54, 1.807) is 18.3 Å². The predicted octanol–water partition coefficient (Wildman–Crippen LogP) is 3.26. The van der Waals surface area contributed by atoms with E-state index in [1.165, 1.54) is 5.56 Å². The smallest absolute Gasteiger partial charge is 0.130 e. The SMILES string of the molecule is CCc1cccc(Nc2ccc(C#N)cn2)c1. The van der Waals surface area contributed by atoms with Crippen LogP contribution in [-0.2, 0) is 6.42 Å². The first kappa shape index (κ1) is 11.2. The van der Waals surface area contributed by atoms with Crippen molar-refractivity contribution in [2.24, 2.45) is 0 Å². The number of nitrogens with zero attached hydrogens (tertiary/aromatic N) is 2. The lowest BCUT2D eigenvalue weighted by atomic mass is 10.1. The summed E-state index contributed by atoms with van der Waals surface area (Å²) in [7, 11) is 0. The number of nitriles is 1. The number of anilines is 2. The Bertz CT molecular complexity index is 538. The molecule has 1 aromatic carbocycles. The van der Waals surface area contributed by atoms with Gasteiger partial charge in [0.05, 0.1) is 5.56 Å². The van der Waals surface area contributed by atoms with Crippen LogP contribution in [0.25, 0.3) is 0 Å². The van der Waals surface area contributed by atoms with E-state index in [0.29, 0.717) is 5.56 Å². The summed E-state index contributed by atoms with van der Waals surface area (Å²) in [6.07, 6.45) is 2.57. The Labute approximate surface area is 101 Å². The summed E-state index contributed by atoms with van der Waals surface area (Å²) in [6.45, 7) is 2.12. The van der Waals surface area contributed by atoms with Crippen LogP contribution < -0.4 is 5.32 Å². The predicted molar refractivity (Wildman–Crippen MR) is 68.1 cm³/mol. The van der Waals surface area contributed by atoms with Gasteiger partial charge in [0, 0.05) is 11.9 Å². The Kier molecular flexibility index (Phi) is 3.37.